The van der Waals surface area contributed by atoms with Crippen LogP contribution in [0.3, 0.4) is 0 Å². The molecule has 3 fully saturated rings. The maximum atomic E-state index is 6.27. The molecule has 31 heavy (non-hydrogen) atoms. The van der Waals surface area contributed by atoms with Gasteiger partial charge in [-0.3, -0.25) is 5.01 Å². The molecule has 0 bridgehead atoms. The van der Waals surface area contributed by atoms with Crippen LogP contribution >= 0.6 is 0 Å². The molecule has 4 aliphatic rings. The van der Waals surface area contributed by atoms with E-state index < -0.39 is 5.79 Å². The van der Waals surface area contributed by atoms with Crippen LogP contribution in [0.25, 0.3) is 0 Å². The second-order valence-electron chi connectivity index (χ2n) is 9.84. The van der Waals surface area contributed by atoms with E-state index in [0.717, 1.165) is 26.1 Å². The first-order valence-electron chi connectivity index (χ1n) is 11.9. The SMILES string of the molecule is C[C@H]1[C@@H]2CC[C@H]3C(=NN(C)[C@H]3c3ccccc3)[C@@]2(c2ccccc2)CCC12OCCO2. The molecule has 1 saturated heterocycles. The van der Waals surface area contributed by atoms with Crippen LogP contribution in [0.4, 0.5) is 0 Å². The maximum absolute atomic E-state index is 6.27. The minimum absolute atomic E-state index is 0.0397. The van der Waals surface area contributed by atoms with E-state index in [1.165, 1.54) is 29.7 Å². The van der Waals surface area contributed by atoms with Gasteiger partial charge in [0.25, 0.3) is 0 Å². The van der Waals surface area contributed by atoms with E-state index in [-0.39, 0.29) is 5.41 Å². The topological polar surface area (TPSA) is 34.1 Å². The van der Waals surface area contributed by atoms with E-state index in [2.05, 4.69) is 79.6 Å². The Morgan fingerprint density at radius 2 is 1.58 bits per heavy atom. The number of fused-ring (bicyclic) bond motifs is 3. The molecular weight excluding hydrogens is 384 g/mol. The summed E-state index contributed by atoms with van der Waals surface area (Å²) in [5.41, 5.74) is 4.15. The number of rotatable bonds is 2. The van der Waals surface area contributed by atoms with Gasteiger partial charge in [-0.1, -0.05) is 67.6 Å². The quantitative estimate of drug-likeness (QED) is 0.678. The van der Waals surface area contributed by atoms with Crippen molar-refractivity contribution in [3.8, 4) is 0 Å². The van der Waals surface area contributed by atoms with Crippen molar-refractivity contribution in [1.82, 2.24) is 5.01 Å². The van der Waals surface area contributed by atoms with Gasteiger partial charge in [-0.2, -0.15) is 5.10 Å². The van der Waals surface area contributed by atoms with Gasteiger partial charge < -0.3 is 9.47 Å². The highest BCUT2D eigenvalue weighted by Gasteiger charge is 2.63. The third kappa shape index (κ3) is 2.71. The van der Waals surface area contributed by atoms with Crippen molar-refractivity contribution in [2.45, 2.75) is 49.9 Å². The molecule has 2 aromatic rings. The predicted molar refractivity (Wildman–Crippen MR) is 122 cm³/mol. The maximum Gasteiger partial charge on any atom is 0.171 e. The van der Waals surface area contributed by atoms with Crippen LogP contribution in [-0.2, 0) is 14.9 Å². The Morgan fingerprint density at radius 1 is 0.903 bits per heavy atom. The van der Waals surface area contributed by atoms with Gasteiger partial charge >= 0.3 is 0 Å². The molecule has 2 heterocycles. The molecule has 4 heteroatoms. The third-order valence-electron chi connectivity index (χ3n) is 8.65. The summed E-state index contributed by atoms with van der Waals surface area (Å²) in [6.45, 7) is 3.80. The Kier molecular flexibility index (Phi) is 4.52. The van der Waals surface area contributed by atoms with E-state index >= 15 is 0 Å². The lowest BCUT2D eigenvalue weighted by atomic mass is 9.49. The highest BCUT2D eigenvalue weighted by atomic mass is 16.7. The van der Waals surface area contributed by atoms with Crippen LogP contribution in [0.2, 0.25) is 0 Å². The summed E-state index contributed by atoms with van der Waals surface area (Å²) in [5.74, 6) is 0.864. The third-order valence-corrected chi connectivity index (χ3v) is 8.65. The van der Waals surface area contributed by atoms with Crippen molar-refractivity contribution < 1.29 is 9.47 Å². The average molecular weight is 417 g/mol. The summed E-state index contributed by atoms with van der Waals surface area (Å²) in [6, 6.07) is 22.4. The summed E-state index contributed by atoms with van der Waals surface area (Å²) < 4.78 is 12.5. The van der Waals surface area contributed by atoms with Gasteiger partial charge in [-0.25, -0.2) is 0 Å². The van der Waals surface area contributed by atoms with Crippen LogP contribution in [0, 0.1) is 17.8 Å². The molecule has 0 N–H and O–H groups in total. The van der Waals surface area contributed by atoms with Gasteiger partial charge in [0.05, 0.1) is 25.0 Å². The monoisotopic (exact) mass is 416 g/mol. The van der Waals surface area contributed by atoms with Gasteiger partial charge in [0.2, 0.25) is 0 Å². The summed E-state index contributed by atoms with van der Waals surface area (Å²) in [6.07, 6.45) is 4.33. The van der Waals surface area contributed by atoms with Gasteiger partial charge in [0, 0.05) is 30.7 Å². The number of nitrogens with zero attached hydrogens (tertiary/aromatic N) is 2. The van der Waals surface area contributed by atoms with Gasteiger partial charge in [-0.15, -0.1) is 0 Å². The number of hydrogen-bond donors (Lipinski definition) is 0. The molecule has 2 saturated carbocycles. The van der Waals surface area contributed by atoms with Crippen molar-refractivity contribution in [1.29, 1.82) is 0 Å². The Morgan fingerprint density at radius 3 is 2.29 bits per heavy atom. The largest absolute Gasteiger partial charge is 0.347 e. The van der Waals surface area contributed by atoms with E-state index in [9.17, 15) is 0 Å². The fourth-order valence-electron chi connectivity index (χ4n) is 7.34. The first kappa shape index (κ1) is 19.5. The van der Waals surface area contributed by atoms with Crippen molar-refractivity contribution in [3.63, 3.8) is 0 Å². The smallest absolute Gasteiger partial charge is 0.171 e. The average Bonchev–Trinajstić information content (AvgIpc) is 3.42. The molecule has 5 atom stereocenters. The second-order valence-corrected chi connectivity index (χ2v) is 9.84. The van der Waals surface area contributed by atoms with Crippen molar-refractivity contribution in [2.24, 2.45) is 22.9 Å². The van der Waals surface area contributed by atoms with Crippen LogP contribution in [0.1, 0.15) is 49.8 Å². The van der Waals surface area contributed by atoms with Gasteiger partial charge in [0.15, 0.2) is 5.79 Å². The zero-order valence-corrected chi connectivity index (χ0v) is 18.5. The normalized spacial score (nSPS) is 36.2. The van der Waals surface area contributed by atoms with E-state index in [0.29, 0.717) is 23.8 Å². The first-order chi connectivity index (χ1) is 15.2. The minimum atomic E-state index is -0.403. The van der Waals surface area contributed by atoms with Crippen LogP contribution in [0.15, 0.2) is 65.8 Å². The molecule has 0 unspecified atom stereocenters. The first-order valence-corrected chi connectivity index (χ1v) is 11.9. The second kappa shape index (κ2) is 7.18. The fourth-order valence-corrected chi connectivity index (χ4v) is 7.34. The molecule has 4 nitrogen and oxygen atoms in total. The molecule has 162 valence electrons. The molecule has 6 rings (SSSR count). The zero-order valence-electron chi connectivity index (χ0n) is 18.5. The van der Waals surface area contributed by atoms with Crippen molar-refractivity contribution in [3.05, 3.63) is 71.8 Å². The molecule has 0 amide bonds. The Hall–Kier alpha value is -2.17. The Bertz CT molecular complexity index is 969. The van der Waals surface area contributed by atoms with Crippen LogP contribution in [0.5, 0.6) is 0 Å². The molecular formula is C27H32N2O2. The minimum Gasteiger partial charge on any atom is -0.347 e. The van der Waals surface area contributed by atoms with E-state index in [4.69, 9.17) is 14.6 Å². The number of benzene rings is 2. The Balaban J connectivity index is 1.47. The zero-order chi connectivity index (χ0) is 21.1. The molecule has 2 aliphatic carbocycles. The van der Waals surface area contributed by atoms with E-state index in [1.54, 1.807) is 0 Å². The predicted octanol–water partition coefficient (Wildman–Crippen LogP) is 5.17. The summed E-state index contributed by atoms with van der Waals surface area (Å²) in [4.78, 5) is 0. The van der Waals surface area contributed by atoms with Gasteiger partial charge in [0.1, 0.15) is 0 Å². The molecule has 2 aromatic carbocycles. The lowest BCUT2D eigenvalue weighted by Gasteiger charge is -2.57. The molecule has 0 aromatic heterocycles. The number of hydrazone groups is 1. The lowest BCUT2D eigenvalue weighted by molar-refractivity contribution is -0.231. The fraction of sp³-hybridized carbons (Fsp3) is 0.519. The number of ether oxygens (including phenoxy) is 2. The standard InChI is InChI=1S/C27H32N2O2/c1-19-23-14-13-22-24(20-9-5-3-6-10-20)29(2)28-25(22)26(23,21-11-7-4-8-12-21)15-16-27(19)30-17-18-31-27/h3-12,19,22-24H,13-18H2,1-2H3/t19-,22+,23-,24-,26+/m0/s1. The van der Waals surface area contributed by atoms with E-state index in [1.807, 2.05) is 0 Å². The highest BCUT2D eigenvalue weighted by molar-refractivity contribution is 5.99. The lowest BCUT2D eigenvalue weighted by Crippen LogP contribution is -2.60. The van der Waals surface area contributed by atoms with Gasteiger partial charge in [-0.05, 0) is 36.3 Å². The summed E-state index contributed by atoms with van der Waals surface area (Å²) in [7, 11) is 2.16. The highest BCUT2D eigenvalue weighted by Crippen LogP contribution is 2.61. The summed E-state index contributed by atoms with van der Waals surface area (Å²) in [5, 5.41) is 7.56. The molecule has 1 spiro atoms. The van der Waals surface area contributed by atoms with Crippen molar-refractivity contribution >= 4 is 5.71 Å². The van der Waals surface area contributed by atoms with Crippen LogP contribution < -0.4 is 0 Å². The number of hydrogen-bond acceptors (Lipinski definition) is 4. The van der Waals surface area contributed by atoms with Crippen LogP contribution in [-0.4, -0.2) is 36.8 Å². The molecule has 2 aliphatic heterocycles. The van der Waals surface area contributed by atoms with Crippen molar-refractivity contribution in [2.75, 3.05) is 20.3 Å². The molecule has 0 radical (unpaired) electrons. The summed E-state index contributed by atoms with van der Waals surface area (Å²) >= 11 is 0. The Labute approximate surface area is 185 Å².